The minimum absolute atomic E-state index is 0.0476. The lowest BCUT2D eigenvalue weighted by molar-refractivity contribution is -0.121. The standard InChI is InChI=1S/C22H25FN2O4/c23-18-5-1-4-17(15-18)22(27)25-11-2-10-24-21(26)9-7-16-6-8-19-20(14-16)29-13-3-12-28-19/h1,4-6,8,14-15H,2-3,7,9-13H2,(H,24,26)(H,25,27). The predicted molar refractivity (Wildman–Crippen MR) is 107 cm³/mol. The summed E-state index contributed by atoms with van der Waals surface area (Å²) in [6.07, 6.45) is 2.43. The van der Waals surface area contributed by atoms with Gasteiger partial charge < -0.3 is 20.1 Å². The maximum absolute atomic E-state index is 13.1. The molecule has 0 bridgehead atoms. The summed E-state index contributed by atoms with van der Waals surface area (Å²) in [4.78, 5) is 23.9. The molecule has 2 N–H and O–H groups in total. The largest absolute Gasteiger partial charge is 0.490 e. The quantitative estimate of drug-likeness (QED) is 0.668. The van der Waals surface area contributed by atoms with Gasteiger partial charge in [-0.2, -0.15) is 0 Å². The van der Waals surface area contributed by atoms with E-state index in [1.807, 2.05) is 18.2 Å². The molecule has 154 valence electrons. The molecule has 0 aromatic heterocycles. The number of amides is 2. The van der Waals surface area contributed by atoms with Crippen LogP contribution in [0.5, 0.6) is 11.5 Å². The minimum Gasteiger partial charge on any atom is -0.490 e. The molecule has 0 saturated carbocycles. The lowest BCUT2D eigenvalue weighted by Crippen LogP contribution is -2.30. The van der Waals surface area contributed by atoms with Crippen molar-refractivity contribution >= 4 is 11.8 Å². The molecule has 6 nitrogen and oxygen atoms in total. The number of carbonyl (C=O) groups is 2. The highest BCUT2D eigenvalue weighted by Crippen LogP contribution is 2.30. The van der Waals surface area contributed by atoms with Gasteiger partial charge in [-0.25, -0.2) is 4.39 Å². The Labute approximate surface area is 169 Å². The number of nitrogens with one attached hydrogen (secondary N) is 2. The van der Waals surface area contributed by atoms with Crippen molar-refractivity contribution in [3.05, 3.63) is 59.4 Å². The maximum atomic E-state index is 13.1. The summed E-state index contributed by atoms with van der Waals surface area (Å²) in [5, 5.41) is 5.55. The van der Waals surface area contributed by atoms with Gasteiger partial charge in [0.25, 0.3) is 5.91 Å². The van der Waals surface area contributed by atoms with E-state index >= 15 is 0 Å². The van der Waals surface area contributed by atoms with Crippen LogP contribution in [-0.4, -0.2) is 38.1 Å². The summed E-state index contributed by atoms with van der Waals surface area (Å²) >= 11 is 0. The SMILES string of the molecule is O=C(CCc1ccc2c(c1)OCCCO2)NCCCNC(=O)c1cccc(F)c1. The Hall–Kier alpha value is -3.09. The highest BCUT2D eigenvalue weighted by molar-refractivity contribution is 5.94. The van der Waals surface area contributed by atoms with Gasteiger partial charge in [-0.3, -0.25) is 9.59 Å². The Morgan fingerprint density at radius 1 is 0.966 bits per heavy atom. The van der Waals surface area contributed by atoms with Crippen molar-refractivity contribution in [3.8, 4) is 11.5 Å². The van der Waals surface area contributed by atoms with E-state index in [0.717, 1.165) is 23.5 Å². The van der Waals surface area contributed by atoms with Crippen molar-refractivity contribution in [1.29, 1.82) is 0 Å². The summed E-state index contributed by atoms with van der Waals surface area (Å²) in [6, 6.07) is 11.3. The number of halogens is 1. The van der Waals surface area contributed by atoms with Crippen molar-refractivity contribution < 1.29 is 23.5 Å². The smallest absolute Gasteiger partial charge is 0.251 e. The van der Waals surface area contributed by atoms with Crippen molar-refractivity contribution in [2.45, 2.75) is 25.7 Å². The molecule has 0 fully saturated rings. The second-order valence-corrected chi connectivity index (χ2v) is 6.80. The second kappa shape index (κ2) is 10.5. The van der Waals surface area contributed by atoms with Crippen LogP contribution in [-0.2, 0) is 11.2 Å². The number of carbonyl (C=O) groups excluding carboxylic acids is 2. The molecule has 0 radical (unpaired) electrons. The Bertz CT molecular complexity index is 856. The third-order valence-corrected chi connectivity index (χ3v) is 4.50. The molecule has 2 aromatic carbocycles. The first-order valence-electron chi connectivity index (χ1n) is 9.81. The van der Waals surface area contributed by atoms with Crippen LogP contribution in [0.25, 0.3) is 0 Å². The van der Waals surface area contributed by atoms with Crippen LogP contribution < -0.4 is 20.1 Å². The highest BCUT2D eigenvalue weighted by atomic mass is 19.1. The van der Waals surface area contributed by atoms with E-state index in [9.17, 15) is 14.0 Å². The fourth-order valence-corrected chi connectivity index (χ4v) is 2.96. The zero-order valence-corrected chi connectivity index (χ0v) is 16.2. The molecule has 1 heterocycles. The molecular formula is C22H25FN2O4. The average molecular weight is 400 g/mol. The third-order valence-electron chi connectivity index (χ3n) is 4.50. The molecule has 7 heteroatoms. The molecule has 0 aliphatic carbocycles. The molecule has 1 aliphatic heterocycles. The minimum atomic E-state index is -0.446. The molecule has 3 rings (SSSR count). The molecule has 1 aliphatic rings. The van der Waals surface area contributed by atoms with Crippen LogP contribution in [0, 0.1) is 5.82 Å². The number of hydrogen-bond acceptors (Lipinski definition) is 4. The second-order valence-electron chi connectivity index (χ2n) is 6.80. The van der Waals surface area contributed by atoms with Crippen molar-refractivity contribution in [2.75, 3.05) is 26.3 Å². The van der Waals surface area contributed by atoms with Gasteiger partial charge >= 0.3 is 0 Å². The van der Waals surface area contributed by atoms with Gasteiger partial charge in [-0.05, 0) is 48.7 Å². The van der Waals surface area contributed by atoms with Crippen molar-refractivity contribution in [3.63, 3.8) is 0 Å². The number of benzene rings is 2. The molecule has 2 aromatic rings. The van der Waals surface area contributed by atoms with E-state index in [1.165, 1.54) is 18.2 Å². The highest BCUT2D eigenvalue weighted by Gasteiger charge is 2.11. The lowest BCUT2D eigenvalue weighted by Gasteiger charge is -2.10. The summed E-state index contributed by atoms with van der Waals surface area (Å²) in [5.41, 5.74) is 1.30. The number of fused-ring (bicyclic) bond motifs is 1. The van der Waals surface area contributed by atoms with E-state index in [4.69, 9.17) is 9.47 Å². The van der Waals surface area contributed by atoms with Crippen LogP contribution in [0.1, 0.15) is 35.2 Å². The first-order chi connectivity index (χ1) is 14.1. The van der Waals surface area contributed by atoms with Crippen molar-refractivity contribution in [2.24, 2.45) is 0 Å². The normalized spacial score (nSPS) is 12.7. The predicted octanol–water partition coefficient (Wildman–Crippen LogP) is 2.86. The molecule has 0 unspecified atom stereocenters. The number of hydrogen-bond donors (Lipinski definition) is 2. The van der Waals surface area contributed by atoms with Crippen molar-refractivity contribution in [1.82, 2.24) is 10.6 Å². The van der Waals surface area contributed by atoms with Crippen LogP contribution in [0.15, 0.2) is 42.5 Å². The molecule has 0 atom stereocenters. The summed E-state index contributed by atoms with van der Waals surface area (Å²) in [6.45, 7) is 2.14. The molecular weight excluding hydrogens is 375 g/mol. The zero-order valence-electron chi connectivity index (χ0n) is 16.2. The Kier molecular flexibility index (Phi) is 7.44. The fraction of sp³-hybridized carbons (Fsp3) is 0.364. The first-order valence-corrected chi connectivity index (χ1v) is 9.81. The fourth-order valence-electron chi connectivity index (χ4n) is 2.96. The number of rotatable bonds is 8. The van der Waals surface area contributed by atoms with E-state index < -0.39 is 5.82 Å². The average Bonchev–Trinajstić information content (AvgIpc) is 2.96. The molecule has 29 heavy (non-hydrogen) atoms. The van der Waals surface area contributed by atoms with E-state index in [1.54, 1.807) is 6.07 Å². The summed E-state index contributed by atoms with van der Waals surface area (Å²) in [7, 11) is 0. The van der Waals surface area contributed by atoms with Crippen LogP contribution >= 0.6 is 0 Å². The van der Waals surface area contributed by atoms with E-state index in [-0.39, 0.29) is 17.4 Å². The summed E-state index contributed by atoms with van der Waals surface area (Å²) < 4.78 is 24.4. The maximum Gasteiger partial charge on any atom is 0.251 e. The van der Waals surface area contributed by atoms with Gasteiger partial charge in [0.2, 0.25) is 5.91 Å². The topological polar surface area (TPSA) is 76.7 Å². The molecule has 2 amide bonds. The monoisotopic (exact) mass is 400 g/mol. The van der Waals surface area contributed by atoms with Crippen LogP contribution in [0.2, 0.25) is 0 Å². The van der Waals surface area contributed by atoms with Crippen LogP contribution in [0.4, 0.5) is 4.39 Å². The van der Waals surface area contributed by atoms with Gasteiger partial charge in [0.1, 0.15) is 5.82 Å². The van der Waals surface area contributed by atoms with Gasteiger partial charge in [-0.1, -0.05) is 12.1 Å². The zero-order chi connectivity index (χ0) is 20.5. The Morgan fingerprint density at radius 2 is 1.76 bits per heavy atom. The third kappa shape index (κ3) is 6.48. The Morgan fingerprint density at radius 3 is 2.59 bits per heavy atom. The van der Waals surface area contributed by atoms with Gasteiger partial charge in [0, 0.05) is 31.5 Å². The van der Waals surface area contributed by atoms with Gasteiger partial charge in [0.05, 0.1) is 13.2 Å². The Balaban J connectivity index is 1.32. The summed E-state index contributed by atoms with van der Waals surface area (Å²) in [5.74, 6) is 0.655. The van der Waals surface area contributed by atoms with Crippen LogP contribution in [0.3, 0.4) is 0 Å². The first kappa shape index (κ1) is 20.6. The van der Waals surface area contributed by atoms with Gasteiger partial charge in [0.15, 0.2) is 11.5 Å². The lowest BCUT2D eigenvalue weighted by atomic mass is 10.1. The number of aryl methyl sites for hydroxylation is 1. The van der Waals surface area contributed by atoms with E-state index in [0.29, 0.717) is 45.6 Å². The number of ether oxygens (including phenoxy) is 2. The van der Waals surface area contributed by atoms with Gasteiger partial charge in [-0.15, -0.1) is 0 Å². The van der Waals surface area contributed by atoms with E-state index in [2.05, 4.69) is 10.6 Å². The molecule has 0 saturated heterocycles. The molecule has 0 spiro atoms.